The standard InChI is InChI=1S/C12H22N2O4/c1-4-6-14(5-2)12(17)13(3)10-8-18-7-9(10)11(15)16/h9-10H,4-8H2,1-3H3,(H,15,16). The van der Waals surface area contributed by atoms with Crippen molar-refractivity contribution < 1.29 is 19.4 Å². The summed E-state index contributed by atoms with van der Waals surface area (Å²) in [6.45, 7) is 5.71. The highest BCUT2D eigenvalue weighted by molar-refractivity contribution is 5.77. The first-order valence-electron chi connectivity index (χ1n) is 6.35. The van der Waals surface area contributed by atoms with Gasteiger partial charge in [0.05, 0.1) is 19.3 Å². The lowest BCUT2D eigenvalue weighted by Crippen LogP contribution is -2.50. The van der Waals surface area contributed by atoms with Gasteiger partial charge in [-0.25, -0.2) is 4.79 Å². The van der Waals surface area contributed by atoms with E-state index in [1.54, 1.807) is 11.9 Å². The van der Waals surface area contributed by atoms with Gasteiger partial charge in [0.15, 0.2) is 0 Å². The average Bonchev–Trinajstić information content (AvgIpc) is 2.83. The molecule has 1 rings (SSSR count). The van der Waals surface area contributed by atoms with Crippen LogP contribution in [0.5, 0.6) is 0 Å². The highest BCUT2D eigenvalue weighted by Gasteiger charge is 2.39. The third-order valence-corrected chi connectivity index (χ3v) is 3.31. The molecule has 18 heavy (non-hydrogen) atoms. The first-order chi connectivity index (χ1) is 8.52. The largest absolute Gasteiger partial charge is 0.481 e. The Kier molecular flexibility index (Phi) is 5.40. The van der Waals surface area contributed by atoms with Crippen LogP contribution in [0.1, 0.15) is 20.3 Å². The van der Waals surface area contributed by atoms with E-state index in [0.29, 0.717) is 19.7 Å². The van der Waals surface area contributed by atoms with Crippen LogP contribution in [-0.4, -0.2) is 66.3 Å². The van der Waals surface area contributed by atoms with Crippen LogP contribution in [0.2, 0.25) is 0 Å². The number of carbonyl (C=O) groups excluding carboxylic acids is 1. The van der Waals surface area contributed by atoms with Crippen LogP contribution >= 0.6 is 0 Å². The monoisotopic (exact) mass is 258 g/mol. The topological polar surface area (TPSA) is 70.1 Å². The van der Waals surface area contributed by atoms with E-state index in [0.717, 1.165) is 6.42 Å². The van der Waals surface area contributed by atoms with Gasteiger partial charge in [0.2, 0.25) is 0 Å². The van der Waals surface area contributed by atoms with Crippen LogP contribution in [0.3, 0.4) is 0 Å². The molecule has 0 radical (unpaired) electrons. The molecule has 0 aromatic carbocycles. The fourth-order valence-electron chi connectivity index (χ4n) is 2.18. The summed E-state index contributed by atoms with van der Waals surface area (Å²) in [6, 6.07) is -0.498. The Morgan fingerprint density at radius 2 is 2.00 bits per heavy atom. The number of likely N-dealkylation sites (N-methyl/N-ethyl adjacent to an activating group) is 1. The zero-order valence-corrected chi connectivity index (χ0v) is 11.3. The minimum absolute atomic E-state index is 0.124. The fraction of sp³-hybridized carbons (Fsp3) is 0.833. The third-order valence-electron chi connectivity index (χ3n) is 3.31. The van der Waals surface area contributed by atoms with Crippen molar-refractivity contribution in [3.8, 4) is 0 Å². The summed E-state index contributed by atoms with van der Waals surface area (Å²) in [6.07, 6.45) is 0.886. The Morgan fingerprint density at radius 1 is 1.33 bits per heavy atom. The smallest absolute Gasteiger partial charge is 0.320 e. The van der Waals surface area contributed by atoms with Gasteiger partial charge in [-0.05, 0) is 13.3 Å². The van der Waals surface area contributed by atoms with Gasteiger partial charge in [-0.3, -0.25) is 4.79 Å². The van der Waals surface area contributed by atoms with Crippen molar-refractivity contribution in [3.05, 3.63) is 0 Å². The second-order valence-electron chi connectivity index (χ2n) is 4.52. The Bertz CT molecular complexity index is 308. The van der Waals surface area contributed by atoms with Gasteiger partial charge in [-0.15, -0.1) is 0 Å². The molecule has 1 aliphatic heterocycles. The second kappa shape index (κ2) is 6.58. The number of aliphatic carboxylic acids is 1. The summed E-state index contributed by atoms with van der Waals surface area (Å²) >= 11 is 0. The summed E-state index contributed by atoms with van der Waals surface area (Å²) in [5.41, 5.74) is 0. The molecule has 1 aliphatic rings. The van der Waals surface area contributed by atoms with Gasteiger partial charge in [0.1, 0.15) is 5.92 Å². The van der Waals surface area contributed by atoms with Crippen molar-refractivity contribution in [1.29, 1.82) is 0 Å². The zero-order chi connectivity index (χ0) is 13.7. The van der Waals surface area contributed by atoms with Crippen LogP contribution in [0.25, 0.3) is 0 Å². The van der Waals surface area contributed by atoms with Crippen molar-refractivity contribution >= 4 is 12.0 Å². The van der Waals surface area contributed by atoms with Crippen LogP contribution < -0.4 is 0 Å². The van der Waals surface area contributed by atoms with Crippen LogP contribution in [-0.2, 0) is 9.53 Å². The summed E-state index contributed by atoms with van der Waals surface area (Å²) in [7, 11) is 1.65. The number of carboxylic acids is 1. The number of rotatable bonds is 5. The summed E-state index contributed by atoms with van der Waals surface area (Å²) in [5, 5.41) is 9.08. The maximum absolute atomic E-state index is 12.2. The van der Waals surface area contributed by atoms with E-state index in [-0.39, 0.29) is 18.7 Å². The van der Waals surface area contributed by atoms with Crippen molar-refractivity contribution in [1.82, 2.24) is 9.80 Å². The minimum atomic E-state index is -0.907. The number of carboxylic acid groups (broad SMARTS) is 1. The predicted molar refractivity (Wildman–Crippen MR) is 66.4 cm³/mol. The molecule has 1 saturated heterocycles. The molecular weight excluding hydrogens is 236 g/mol. The van der Waals surface area contributed by atoms with Crippen LogP contribution in [0.15, 0.2) is 0 Å². The molecule has 6 nitrogen and oxygen atoms in total. The molecule has 0 aromatic rings. The lowest BCUT2D eigenvalue weighted by Gasteiger charge is -2.32. The van der Waals surface area contributed by atoms with Gasteiger partial charge in [-0.1, -0.05) is 6.92 Å². The number of nitrogens with zero attached hydrogens (tertiary/aromatic N) is 2. The van der Waals surface area contributed by atoms with Gasteiger partial charge < -0.3 is 19.6 Å². The Labute approximate surface area is 107 Å². The first-order valence-corrected chi connectivity index (χ1v) is 6.35. The molecule has 0 bridgehead atoms. The van der Waals surface area contributed by atoms with Crippen molar-refractivity contribution in [3.63, 3.8) is 0 Å². The van der Waals surface area contributed by atoms with E-state index < -0.39 is 11.9 Å². The van der Waals surface area contributed by atoms with E-state index in [9.17, 15) is 9.59 Å². The van der Waals surface area contributed by atoms with Crippen LogP contribution in [0.4, 0.5) is 4.79 Å². The second-order valence-corrected chi connectivity index (χ2v) is 4.52. The van der Waals surface area contributed by atoms with Crippen LogP contribution in [0, 0.1) is 5.92 Å². The van der Waals surface area contributed by atoms with E-state index in [2.05, 4.69) is 0 Å². The molecule has 1 heterocycles. The molecule has 2 amide bonds. The zero-order valence-electron chi connectivity index (χ0n) is 11.3. The molecule has 2 unspecified atom stereocenters. The number of hydrogen-bond donors (Lipinski definition) is 1. The molecule has 0 spiro atoms. The highest BCUT2D eigenvalue weighted by atomic mass is 16.5. The molecule has 1 fully saturated rings. The van der Waals surface area contributed by atoms with Crippen molar-refractivity contribution in [2.24, 2.45) is 5.92 Å². The molecule has 0 saturated carbocycles. The molecule has 2 atom stereocenters. The normalized spacial score (nSPS) is 22.8. The number of hydrogen-bond acceptors (Lipinski definition) is 3. The number of urea groups is 1. The maximum atomic E-state index is 12.2. The Hall–Kier alpha value is -1.30. The highest BCUT2D eigenvalue weighted by Crippen LogP contribution is 2.20. The summed E-state index contributed by atoms with van der Waals surface area (Å²) in [5.74, 6) is -1.53. The third kappa shape index (κ3) is 3.13. The molecule has 0 aromatic heterocycles. The SMILES string of the molecule is CCCN(CC)C(=O)N(C)C1COCC1C(=O)O. The number of carbonyl (C=O) groups is 2. The molecule has 104 valence electrons. The Morgan fingerprint density at radius 3 is 2.50 bits per heavy atom. The Balaban J connectivity index is 2.70. The summed E-state index contributed by atoms with van der Waals surface area (Å²) in [4.78, 5) is 26.5. The van der Waals surface area contributed by atoms with E-state index in [4.69, 9.17) is 9.84 Å². The van der Waals surface area contributed by atoms with Crippen molar-refractivity contribution in [2.75, 3.05) is 33.4 Å². The lowest BCUT2D eigenvalue weighted by molar-refractivity contribution is -0.142. The quantitative estimate of drug-likeness (QED) is 0.794. The predicted octanol–water partition coefficient (Wildman–Crippen LogP) is 0.870. The van der Waals surface area contributed by atoms with Gasteiger partial charge >= 0.3 is 12.0 Å². The number of amides is 2. The lowest BCUT2D eigenvalue weighted by atomic mass is 10.0. The average molecular weight is 258 g/mol. The molecule has 0 aliphatic carbocycles. The maximum Gasteiger partial charge on any atom is 0.320 e. The van der Waals surface area contributed by atoms with Gasteiger partial charge in [0, 0.05) is 20.1 Å². The molecular formula is C12H22N2O4. The fourth-order valence-corrected chi connectivity index (χ4v) is 2.18. The van der Waals surface area contributed by atoms with E-state index in [1.165, 1.54) is 4.90 Å². The number of ether oxygens (including phenoxy) is 1. The summed E-state index contributed by atoms with van der Waals surface area (Å²) < 4.78 is 5.18. The van der Waals surface area contributed by atoms with E-state index >= 15 is 0 Å². The minimum Gasteiger partial charge on any atom is -0.481 e. The van der Waals surface area contributed by atoms with Crippen molar-refractivity contribution in [2.45, 2.75) is 26.3 Å². The van der Waals surface area contributed by atoms with Gasteiger partial charge in [-0.2, -0.15) is 0 Å². The van der Waals surface area contributed by atoms with E-state index in [1.807, 2.05) is 13.8 Å². The first kappa shape index (κ1) is 14.8. The van der Waals surface area contributed by atoms with Gasteiger partial charge in [0.25, 0.3) is 0 Å². The molecule has 1 N–H and O–H groups in total. The molecule has 6 heteroatoms.